The number of piperidine rings is 1. The summed E-state index contributed by atoms with van der Waals surface area (Å²) in [4.78, 5) is 27.3. The molecule has 0 radical (unpaired) electrons. The number of nitrogens with zero attached hydrogens (tertiary/aromatic N) is 1. The van der Waals surface area contributed by atoms with Crippen LogP contribution < -0.4 is 5.32 Å². The predicted octanol–water partition coefficient (Wildman–Crippen LogP) is 4.75. The van der Waals surface area contributed by atoms with Crippen LogP contribution in [-0.4, -0.2) is 35.8 Å². The van der Waals surface area contributed by atoms with Crippen LogP contribution in [0.25, 0.3) is 11.1 Å². The van der Waals surface area contributed by atoms with Crippen LogP contribution in [0, 0.1) is 12.3 Å². The van der Waals surface area contributed by atoms with E-state index in [1.165, 1.54) is 22.3 Å². The first-order chi connectivity index (χ1) is 14.3. The molecular formula is C26H34N2O2. The van der Waals surface area contributed by atoms with Gasteiger partial charge in [-0.3, -0.25) is 9.59 Å². The van der Waals surface area contributed by atoms with E-state index in [2.05, 4.69) is 60.8 Å². The highest BCUT2D eigenvalue weighted by Crippen LogP contribution is 2.37. The molecule has 1 aliphatic rings. The third-order valence-electron chi connectivity index (χ3n) is 6.20. The lowest BCUT2D eigenvalue weighted by Crippen LogP contribution is -2.52. The number of aryl methyl sites for hydroxylation is 1. The Hall–Kier alpha value is -2.62. The summed E-state index contributed by atoms with van der Waals surface area (Å²) in [7, 11) is 0. The number of benzene rings is 2. The Morgan fingerprint density at radius 3 is 2.40 bits per heavy atom. The van der Waals surface area contributed by atoms with Crippen molar-refractivity contribution in [2.24, 2.45) is 5.41 Å². The van der Waals surface area contributed by atoms with Crippen molar-refractivity contribution >= 4 is 11.8 Å². The predicted molar refractivity (Wildman–Crippen MR) is 122 cm³/mol. The number of likely N-dealkylation sites (tertiary alicyclic amines) is 1. The largest absolute Gasteiger partial charge is 0.353 e. The number of amides is 2. The minimum atomic E-state index is -0.473. The molecule has 4 heteroatoms. The quantitative estimate of drug-likeness (QED) is 0.753. The smallest absolute Gasteiger partial charge is 0.226 e. The highest BCUT2D eigenvalue weighted by Gasteiger charge is 2.42. The zero-order chi connectivity index (χ0) is 21.7. The molecule has 0 unspecified atom stereocenters. The average Bonchev–Trinajstić information content (AvgIpc) is 2.73. The van der Waals surface area contributed by atoms with Gasteiger partial charge in [0.1, 0.15) is 0 Å². The fraction of sp³-hybridized carbons (Fsp3) is 0.462. The minimum Gasteiger partial charge on any atom is -0.353 e. The molecule has 2 aromatic rings. The summed E-state index contributed by atoms with van der Waals surface area (Å²) >= 11 is 0. The molecule has 1 aliphatic heterocycles. The number of carbonyl (C=O) groups excluding carboxylic acids is 2. The average molecular weight is 407 g/mol. The normalized spacial score (nSPS) is 15.8. The molecule has 2 amide bonds. The van der Waals surface area contributed by atoms with Gasteiger partial charge in [0.25, 0.3) is 0 Å². The molecule has 2 aromatic carbocycles. The standard InChI is InChI=1S/C26H34N2O2/c1-5-24(29)28-15-13-26(14-16-28,25(30)27-19(2)3)18-21-10-8-11-22(17-21)23-12-7-6-9-20(23)4/h6-12,17,19H,5,13-16,18H2,1-4H3,(H,27,30). The van der Waals surface area contributed by atoms with Crippen molar-refractivity contribution in [2.75, 3.05) is 13.1 Å². The molecule has 1 saturated heterocycles. The summed E-state index contributed by atoms with van der Waals surface area (Å²) in [6.45, 7) is 9.32. The second kappa shape index (κ2) is 9.46. The SMILES string of the molecule is CCC(=O)N1CCC(Cc2cccc(-c3ccccc3C)c2)(C(=O)NC(C)C)CC1. The van der Waals surface area contributed by atoms with Crippen molar-refractivity contribution in [2.45, 2.75) is 59.4 Å². The summed E-state index contributed by atoms with van der Waals surface area (Å²) < 4.78 is 0. The first-order valence-corrected chi connectivity index (χ1v) is 11.1. The van der Waals surface area contributed by atoms with Crippen molar-refractivity contribution < 1.29 is 9.59 Å². The lowest BCUT2D eigenvalue weighted by Gasteiger charge is -2.41. The molecule has 0 aromatic heterocycles. The topological polar surface area (TPSA) is 49.4 Å². The molecule has 0 aliphatic carbocycles. The fourth-order valence-corrected chi connectivity index (χ4v) is 4.44. The van der Waals surface area contributed by atoms with Crippen LogP contribution in [0.4, 0.5) is 0 Å². The first kappa shape index (κ1) is 22.1. The van der Waals surface area contributed by atoms with Crippen LogP contribution in [0.3, 0.4) is 0 Å². The van der Waals surface area contributed by atoms with Crippen LogP contribution in [0.1, 0.15) is 51.2 Å². The molecule has 0 saturated carbocycles. The highest BCUT2D eigenvalue weighted by atomic mass is 16.2. The lowest BCUT2D eigenvalue weighted by atomic mass is 9.72. The van der Waals surface area contributed by atoms with E-state index in [0.717, 1.165) is 0 Å². The maximum Gasteiger partial charge on any atom is 0.226 e. The molecule has 0 bridgehead atoms. The van der Waals surface area contributed by atoms with Gasteiger partial charge >= 0.3 is 0 Å². The lowest BCUT2D eigenvalue weighted by molar-refractivity contribution is -0.140. The Labute approximate surface area is 180 Å². The monoisotopic (exact) mass is 406 g/mol. The van der Waals surface area contributed by atoms with Gasteiger partial charge in [0.2, 0.25) is 11.8 Å². The van der Waals surface area contributed by atoms with Crippen molar-refractivity contribution in [3.05, 3.63) is 59.7 Å². The molecule has 4 nitrogen and oxygen atoms in total. The molecule has 1 fully saturated rings. The first-order valence-electron chi connectivity index (χ1n) is 11.1. The number of hydrogen-bond donors (Lipinski definition) is 1. The van der Waals surface area contributed by atoms with Crippen LogP contribution in [0.2, 0.25) is 0 Å². The molecule has 1 N–H and O–H groups in total. The Kier molecular flexibility index (Phi) is 6.96. The van der Waals surface area contributed by atoms with E-state index in [9.17, 15) is 9.59 Å². The maximum absolute atomic E-state index is 13.3. The van der Waals surface area contributed by atoms with Crippen LogP contribution in [0.5, 0.6) is 0 Å². The van der Waals surface area contributed by atoms with E-state index in [-0.39, 0.29) is 17.9 Å². The number of nitrogens with one attached hydrogen (secondary N) is 1. The third kappa shape index (κ3) is 4.92. The molecular weight excluding hydrogens is 372 g/mol. The zero-order valence-corrected chi connectivity index (χ0v) is 18.7. The highest BCUT2D eigenvalue weighted by molar-refractivity contribution is 5.84. The summed E-state index contributed by atoms with van der Waals surface area (Å²) in [6, 6.07) is 17.0. The number of hydrogen-bond acceptors (Lipinski definition) is 2. The molecule has 160 valence electrons. The van der Waals surface area contributed by atoms with Crippen molar-refractivity contribution in [3.63, 3.8) is 0 Å². The van der Waals surface area contributed by atoms with Gasteiger partial charge in [0.05, 0.1) is 5.41 Å². The van der Waals surface area contributed by atoms with E-state index in [1.807, 2.05) is 25.7 Å². The van der Waals surface area contributed by atoms with E-state index >= 15 is 0 Å². The Morgan fingerprint density at radius 1 is 1.07 bits per heavy atom. The second-order valence-electron chi connectivity index (χ2n) is 8.83. The molecule has 0 atom stereocenters. The second-order valence-corrected chi connectivity index (χ2v) is 8.83. The van der Waals surface area contributed by atoms with E-state index in [1.54, 1.807) is 0 Å². The summed E-state index contributed by atoms with van der Waals surface area (Å²) in [6.07, 6.45) is 2.61. The third-order valence-corrected chi connectivity index (χ3v) is 6.20. The minimum absolute atomic E-state index is 0.1000. The zero-order valence-electron chi connectivity index (χ0n) is 18.7. The maximum atomic E-state index is 13.3. The van der Waals surface area contributed by atoms with Crippen molar-refractivity contribution in [3.8, 4) is 11.1 Å². The molecule has 30 heavy (non-hydrogen) atoms. The van der Waals surface area contributed by atoms with Crippen LogP contribution in [-0.2, 0) is 16.0 Å². The van der Waals surface area contributed by atoms with Gasteiger partial charge in [0, 0.05) is 25.6 Å². The van der Waals surface area contributed by atoms with Gasteiger partial charge in [-0.2, -0.15) is 0 Å². The summed E-state index contributed by atoms with van der Waals surface area (Å²) in [5.74, 6) is 0.289. The van der Waals surface area contributed by atoms with Gasteiger partial charge in [-0.05, 0) is 62.3 Å². The van der Waals surface area contributed by atoms with Crippen molar-refractivity contribution in [1.29, 1.82) is 0 Å². The molecule has 1 heterocycles. The number of rotatable bonds is 6. The summed E-state index contributed by atoms with van der Waals surface area (Å²) in [5, 5.41) is 3.14. The van der Waals surface area contributed by atoms with Crippen LogP contribution in [0.15, 0.2) is 48.5 Å². The van der Waals surface area contributed by atoms with E-state index < -0.39 is 5.41 Å². The van der Waals surface area contributed by atoms with Gasteiger partial charge in [-0.1, -0.05) is 55.5 Å². The molecule has 0 spiro atoms. The van der Waals surface area contributed by atoms with Crippen molar-refractivity contribution in [1.82, 2.24) is 10.2 Å². The number of carbonyl (C=O) groups is 2. The summed E-state index contributed by atoms with van der Waals surface area (Å²) in [5.41, 5.74) is 4.35. The van der Waals surface area contributed by atoms with Gasteiger partial charge in [0.15, 0.2) is 0 Å². The van der Waals surface area contributed by atoms with Crippen LogP contribution >= 0.6 is 0 Å². The van der Waals surface area contributed by atoms with Gasteiger partial charge < -0.3 is 10.2 Å². The molecule has 3 rings (SSSR count). The Bertz CT molecular complexity index is 895. The van der Waals surface area contributed by atoms with Gasteiger partial charge in [-0.25, -0.2) is 0 Å². The Balaban J connectivity index is 1.87. The Morgan fingerprint density at radius 2 is 1.77 bits per heavy atom. The fourth-order valence-electron chi connectivity index (χ4n) is 4.44. The van der Waals surface area contributed by atoms with Gasteiger partial charge in [-0.15, -0.1) is 0 Å². The van der Waals surface area contributed by atoms with E-state index in [4.69, 9.17) is 0 Å². The van der Waals surface area contributed by atoms with E-state index in [0.29, 0.717) is 38.8 Å².